The van der Waals surface area contributed by atoms with Crippen molar-refractivity contribution in [1.29, 1.82) is 0 Å². The van der Waals surface area contributed by atoms with Gasteiger partial charge in [0.1, 0.15) is 4.90 Å². The maximum atomic E-state index is 13.0. The number of hydrogen-bond donors (Lipinski definition) is 1. The highest BCUT2D eigenvalue weighted by atomic mass is 35.5. The molecule has 5 nitrogen and oxygen atoms in total. The fourth-order valence-electron chi connectivity index (χ4n) is 4.19. The molecule has 1 aliphatic rings. The van der Waals surface area contributed by atoms with Crippen LogP contribution in [0.3, 0.4) is 0 Å². The van der Waals surface area contributed by atoms with Crippen molar-refractivity contribution in [1.82, 2.24) is 9.62 Å². The molecule has 0 heterocycles. The molecule has 0 aliphatic heterocycles. The van der Waals surface area contributed by atoms with Crippen molar-refractivity contribution in [2.75, 3.05) is 20.6 Å². The summed E-state index contributed by atoms with van der Waals surface area (Å²) in [5, 5.41) is 3.09. The summed E-state index contributed by atoms with van der Waals surface area (Å²) in [4.78, 5) is 12.9. The zero-order valence-electron chi connectivity index (χ0n) is 17.8. The zero-order chi connectivity index (χ0) is 22.6. The van der Waals surface area contributed by atoms with Crippen LogP contribution in [-0.4, -0.2) is 39.3 Å². The first-order valence-electron chi connectivity index (χ1n) is 10.5. The molecule has 1 atom stereocenters. The predicted octanol–water partition coefficient (Wildman–Crippen LogP) is 5.34. The Labute approximate surface area is 194 Å². The van der Waals surface area contributed by atoms with Crippen molar-refractivity contribution >= 4 is 39.1 Å². The van der Waals surface area contributed by atoms with Gasteiger partial charge in [-0.15, -0.1) is 0 Å². The van der Waals surface area contributed by atoms with Crippen LogP contribution in [0.4, 0.5) is 0 Å². The van der Waals surface area contributed by atoms with Crippen molar-refractivity contribution in [3.63, 3.8) is 0 Å². The largest absolute Gasteiger partial charge is 0.351 e. The molecule has 1 fully saturated rings. The van der Waals surface area contributed by atoms with Crippen LogP contribution in [0.1, 0.15) is 53.9 Å². The minimum Gasteiger partial charge on any atom is -0.351 e. The van der Waals surface area contributed by atoms with E-state index < -0.39 is 15.9 Å². The summed E-state index contributed by atoms with van der Waals surface area (Å²) in [6.45, 7) is 0.461. The lowest BCUT2D eigenvalue weighted by molar-refractivity contribution is 0.0946. The second-order valence-corrected chi connectivity index (χ2v) is 11.1. The zero-order valence-corrected chi connectivity index (χ0v) is 20.1. The molecule has 31 heavy (non-hydrogen) atoms. The van der Waals surface area contributed by atoms with Crippen molar-refractivity contribution in [3.05, 3.63) is 63.6 Å². The van der Waals surface area contributed by atoms with Gasteiger partial charge in [-0.3, -0.25) is 4.79 Å². The van der Waals surface area contributed by atoms with Crippen LogP contribution in [0, 0.1) is 5.92 Å². The standard InChI is InChI=1S/C23H28Cl2N2O3S/c1-27(2)31(29,30)22-13-18(20(24)14-21(22)25)23(28)26-15-19(16-9-5-3-6-10-16)17-11-7-4-8-12-17/h3,5-6,9-10,13-14,17,19H,4,7-8,11-12,15H2,1-2H3,(H,26,28)/t19-/m0/s1. The van der Waals surface area contributed by atoms with E-state index in [9.17, 15) is 13.2 Å². The minimum atomic E-state index is -3.81. The molecule has 0 spiro atoms. The number of amides is 1. The van der Waals surface area contributed by atoms with Gasteiger partial charge in [0.2, 0.25) is 10.0 Å². The average molecular weight is 483 g/mol. The van der Waals surface area contributed by atoms with Crippen molar-refractivity contribution in [2.45, 2.75) is 42.9 Å². The number of hydrogen-bond acceptors (Lipinski definition) is 3. The average Bonchev–Trinajstić information content (AvgIpc) is 2.75. The number of nitrogens with zero attached hydrogens (tertiary/aromatic N) is 1. The highest BCUT2D eigenvalue weighted by Crippen LogP contribution is 2.36. The summed E-state index contributed by atoms with van der Waals surface area (Å²) < 4.78 is 26.2. The third-order valence-corrected chi connectivity index (χ3v) is 8.55. The smallest absolute Gasteiger partial charge is 0.252 e. The molecule has 0 bridgehead atoms. The summed E-state index contributed by atoms with van der Waals surface area (Å²) in [6.07, 6.45) is 5.95. The Morgan fingerprint density at radius 2 is 1.71 bits per heavy atom. The van der Waals surface area contributed by atoms with E-state index >= 15 is 0 Å². The summed E-state index contributed by atoms with van der Waals surface area (Å²) >= 11 is 12.4. The Morgan fingerprint density at radius 3 is 2.32 bits per heavy atom. The molecule has 3 rings (SSSR count). The minimum absolute atomic E-state index is 0.0142. The molecule has 2 aromatic carbocycles. The Kier molecular flexibility index (Phi) is 8.03. The van der Waals surface area contributed by atoms with Gasteiger partial charge in [0.25, 0.3) is 5.91 Å². The number of sulfonamides is 1. The fourth-order valence-corrected chi connectivity index (χ4v) is 5.92. The van der Waals surface area contributed by atoms with Gasteiger partial charge in [-0.05, 0) is 36.5 Å². The molecule has 1 aliphatic carbocycles. The summed E-state index contributed by atoms with van der Waals surface area (Å²) in [5.74, 6) is 0.289. The highest BCUT2D eigenvalue weighted by Gasteiger charge is 2.27. The van der Waals surface area contributed by atoms with Crippen LogP contribution in [0.2, 0.25) is 10.0 Å². The third kappa shape index (κ3) is 5.61. The quantitative estimate of drug-likeness (QED) is 0.578. The summed E-state index contributed by atoms with van der Waals surface area (Å²) in [6, 6.07) is 12.8. The van der Waals surface area contributed by atoms with Crippen molar-refractivity contribution in [3.8, 4) is 0 Å². The van der Waals surface area contributed by atoms with Gasteiger partial charge >= 0.3 is 0 Å². The topological polar surface area (TPSA) is 66.5 Å². The second-order valence-electron chi connectivity index (χ2n) is 8.18. The SMILES string of the molecule is CN(C)S(=O)(=O)c1cc(C(=O)NC[C@@H](c2ccccc2)C2CCCCC2)c(Cl)cc1Cl. The number of benzene rings is 2. The van der Waals surface area contributed by atoms with Crippen molar-refractivity contribution in [2.24, 2.45) is 5.92 Å². The molecule has 0 unspecified atom stereocenters. The number of nitrogens with one attached hydrogen (secondary N) is 1. The highest BCUT2D eigenvalue weighted by molar-refractivity contribution is 7.89. The van der Waals surface area contributed by atoms with E-state index in [-0.39, 0.29) is 26.4 Å². The van der Waals surface area contributed by atoms with E-state index in [0.29, 0.717) is 12.5 Å². The maximum Gasteiger partial charge on any atom is 0.252 e. The first-order valence-corrected chi connectivity index (χ1v) is 12.7. The second kappa shape index (κ2) is 10.3. The van der Waals surface area contributed by atoms with Crippen LogP contribution >= 0.6 is 23.2 Å². The molecular formula is C23H28Cl2N2O3S. The molecule has 2 aromatic rings. The molecule has 1 N–H and O–H groups in total. The molecule has 0 saturated heterocycles. The Bertz CT molecular complexity index is 1020. The van der Waals surface area contributed by atoms with Gasteiger partial charge in [0.15, 0.2) is 0 Å². The van der Waals surface area contributed by atoms with Gasteiger partial charge in [0, 0.05) is 26.6 Å². The molecule has 0 aromatic heterocycles. The van der Waals surface area contributed by atoms with Crippen LogP contribution in [0.5, 0.6) is 0 Å². The van der Waals surface area contributed by atoms with Crippen molar-refractivity contribution < 1.29 is 13.2 Å². The number of carbonyl (C=O) groups excluding carboxylic acids is 1. The predicted molar refractivity (Wildman–Crippen MR) is 125 cm³/mol. The number of rotatable bonds is 7. The molecule has 0 radical (unpaired) electrons. The first-order chi connectivity index (χ1) is 14.7. The van der Waals surface area contributed by atoms with Gasteiger partial charge in [0.05, 0.1) is 15.6 Å². The molecule has 8 heteroatoms. The Hall–Kier alpha value is -1.60. The van der Waals surface area contributed by atoms with E-state index in [2.05, 4.69) is 17.4 Å². The van der Waals surface area contributed by atoms with E-state index in [1.165, 1.54) is 51.1 Å². The summed E-state index contributed by atoms with van der Waals surface area (Å²) in [5.41, 5.74) is 1.30. The summed E-state index contributed by atoms with van der Waals surface area (Å²) in [7, 11) is -0.986. The van der Waals surface area contributed by atoms with Crippen LogP contribution < -0.4 is 5.32 Å². The van der Waals surface area contributed by atoms with Crippen LogP contribution in [0.15, 0.2) is 47.4 Å². The van der Waals surface area contributed by atoms with Crippen LogP contribution in [0.25, 0.3) is 0 Å². The van der Waals surface area contributed by atoms with Crippen LogP contribution in [-0.2, 0) is 10.0 Å². The Morgan fingerprint density at radius 1 is 1.06 bits per heavy atom. The third-order valence-electron chi connectivity index (χ3n) is 5.95. The molecule has 168 valence electrons. The lowest BCUT2D eigenvalue weighted by Gasteiger charge is -2.31. The normalized spacial score (nSPS) is 16.3. The first kappa shape index (κ1) is 24.1. The molecule has 1 amide bonds. The lowest BCUT2D eigenvalue weighted by Crippen LogP contribution is -2.32. The van der Waals surface area contributed by atoms with Gasteiger partial charge < -0.3 is 5.32 Å². The van der Waals surface area contributed by atoms with Gasteiger partial charge in [-0.25, -0.2) is 12.7 Å². The Balaban J connectivity index is 1.84. The van der Waals surface area contributed by atoms with E-state index in [1.807, 2.05) is 18.2 Å². The maximum absolute atomic E-state index is 13.0. The molecule has 1 saturated carbocycles. The monoisotopic (exact) mass is 482 g/mol. The fraction of sp³-hybridized carbons (Fsp3) is 0.435. The lowest BCUT2D eigenvalue weighted by atomic mass is 9.77. The van der Waals surface area contributed by atoms with E-state index in [0.717, 1.165) is 17.1 Å². The number of carbonyl (C=O) groups is 1. The molecular weight excluding hydrogens is 455 g/mol. The van der Waals surface area contributed by atoms with E-state index in [4.69, 9.17) is 23.2 Å². The van der Waals surface area contributed by atoms with E-state index in [1.54, 1.807) is 0 Å². The van der Waals surface area contributed by atoms with Gasteiger partial charge in [-0.2, -0.15) is 0 Å². The number of halogens is 2. The van der Waals surface area contributed by atoms with Gasteiger partial charge in [-0.1, -0.05) is 72.8 Å².